The van der Waals surface area contributed by atoms with Crippen molar-refractivity contribution in [3.63, 3.8) is 0 Å². The molecular formula is C16H18BrFN2. The topological polar surface area (TPSA) is 29.3 Å². The first-order chi connectivity index (χ1) is 9.60. The van der Waals surface area contributed by atoms with E-state index in [1.54, 1.807) is 0 Å². The highest BCUT2D eigenvalue weighted by molar-refractivity contribution is 9.10. The molecule has 2 nitrogen and oxygen atoms in total. The molecule has 106 valence electrons. The van der Waals surface area contributed by atoms with Crippen LogP contribution in [0.1, 0.15) is 18.9 Å². The van der Waals surface area contributed by atoms with Gasteiger partial charge in [-0.2, -0.15) is 0 Å². The van der Waals surface area contributed by atoms with Gasteiger partial charge in [0, 0.05) is 28.9 Å². The van der Waals surface area contributed by atoms with Crippen molar-refractivity contribution in [2.24, 2.45) is 0 Å². The van der Waals surface area contributed by atoms with Gasteiger partial charge in [-0.05, 0) is 42.3 Å². The largest absolute Gasteiger partial charge is 0.399 e. The summed E-state index contributed by atoms with van der Waals surface area (Å²) in [6.07, 6.45) is 1.04. The number of hydrogen-bond acceptors (Lipinski definition) is 2. The lowest BCUT2D eigenvalue weighted by Crippen LogP contribution is -2.23. The molecule has 2 aromatic carbocycles. The van der Waals surface area contributed by atoms with Crippen molar-refractivity contribution in [2.75, 3.05) is 17.2 Å². The summed E-state index contributed by atoms with van der Waals surface area (Å²) < 4.78 is 13.9. The Bertz CT molecular complexity index is 586. The maximum Gasteiger partial charge on any atom is 0.124 e. The quantitative estimate of drug-likeness (QED) is 0.809. The van der Waals surface area contributed by atoms with Gasteiger partial charge in [-0.15, -0.1) is 0 Å². The molecule has 0 saturated heterocycles. The van der Waals surface area contributed by atoms with E-state index in [9.17, 15) is 4.39 Å². The average molecular weight is 337 g/mol. The van der Waals surface area contributed by atoms with E-state index < -0.39 is 0 Å². The van der Waals surface area contributed by atoms with E-state index in [0.717, 1.165) is 40.9 Å². The lowest BCUT2D eigenvalue weighted by molar-refractivity contribution is 0.625. The first-order valence-electron chi connectivity index (χ1n) is 6.64. The van der Waals surface area contributed by atoms with E-state index in [1.807, 2.05) is 30.3 Å². The molecule has 2 aromatic rings. The Morgan fingerprint density at radius 2 is 2.00 bits per heavy atom. The van der Waals surface area contributed by atoms with Crippen LogP contribution in [-0.4, -0.2) is 6.54 Å². The first kappa shape index (κ1) is 14.9. The van der Waals surface area contributed by atoms with Gasteiger partial charge in [0.2, 0.25) is 0 Å². The van der Waals surface area contributed by atoms with E-state index in [2.05, 4.69) is 27.8 Å². The maximum atomic E-state index is 13.1. The molecule has 0 fully saturated rings. The summed E-state index contributed by atoms with van der Waals surface area (Å²) in [7, 11) is 0. The summed E-state index contributed by atoms with van der Waals surface area (Å²) in [4.78, 5) is 2.24. The van der Waals surface area contributed by atoms with Crippen LogP contribution in [-0.2, 0) is 6.54 Å². The third kappa shape index (κ3) is 3.73. The Balaban J connectivity index is 2.25. The van der Waals surface area contributed by atoms with Crippen LogP contribution in [0.4, 0.5) is 15.8 Å². The van der Waals surface area contributed by atoms with Crippen molar-refractivity contribution in [3.8, 4) is 0 Å². The highest BCUT2D eigenvalue weighted by Gasteiger charge is 2.09. The molecule has 0 saturated carbocycles. The smallest absolute Gasteiger partial charge is 0.124 e. The molecule has 0 unspecified atom stereocenters. The standard InChI is InChI=1S/C16H18BrFN2/c1-2-8-20(15-5-3-4-14(19)10-15)11-12-6-7-13(18)9-16(12)17/h3-7,9-10H,2,8,11,19H2,1H3. The van der Waals surface area contributed by atoms with E-state index in [4.69, 9.17) is 5.73 Å². The Kier molecular flexibility index (Phi) is 5.01. The van der Waals surface area contributed by atoms with E-state index in [1.165, 1.54) is 12.1 Å². The molecule has 0 aliphatic carbocycles. The van der Waals surface area contributed by atoms with Gasteiger partial charge < -0.3 is 10.6 Å². The van der Waals surface area contributed by atoms with Crippen molar-refractivity contribution in [1.29, 1.82) is 0 Å². The van der Waals surface area contributed by atoms with Crippen molar-refractivity contribution in [3.05, 3.63) is 58.3 Å². The first-order valence-corrected chi connectivity index (χ1v) is 7.44. The second kappa shape index (κ2) is 6.75. The Morgan fingerprint density at radius 1 is 1.20 bits per heavy atom. The fourth-order valence-electron chi connectivity index (χ4n) is 2.15. The van der Waals surface area contributed by atoms with Gasteiger partial charge in [0.1, 0.15) is 5.82 Å². The molecule has 0 bridgehead atoms. The van der Waals surface area contributed by atoms with Crippen LogP contribution in [0, 0.1) is 5.82 Å². The lowest BCUT2D eigenvalue weighted by atomic mass is 10.1. The van der Waals surface area contributed by atoms with Crippen LogP contribution in [0.15, 0.2) is 46.9 Å². The fourth-order valence-corrected chi connectivity index (χ4v) is 2.62. The molecular weight excluding hydrogens is 319 g/mol. The summed E-state index contributed by atoms with van der Waals surface area (Å²) in [6.45, 7) is 3.78. The molecule has 0 atom stereocenters. The lowest BCUT2D eigenvalue weighted by Gasteiger charge is -2.25. The Labute approximate surface area is 127 Å². The molecule has 0 aromatic heterocycles. The summed E-state index contributed by atoms with van der Waals surface area (Å²) in [5.41, 5.74) is 8.75. The Hall–Kier alpha value is -1.55. The minimum absolute atomic E-state index is 0.230. The van der Waals surface area contributed by atoms with Crippen LogP contribution in [0.2, 0.25) is 0 Å². The molecule has 2 rings (SSSR count). The fraction of sp³-hybridized carbons (Fsp3) is 0.250. The summed E-state index contributed by atoms with van der Waals surface area (Å²) >= 11 is 3.42. The number of nitrogen functional groups attached to an aromatic ring is 1. The molecule has 0 aliphatic heterocycles. The maximum absolute atomic E-state index is 13.1. The van der Waals surface area contributed by atoms with Crippen molar-refractivity contribution >= 4 is 27.3 Å². The predicted octanol–water partition coefficient (Wildman–Crippen LogP) is 4.59. The van der Waals surface area contributed by atoms with E-state index in [0.29, 0.717) is 0 Å². The number of nitrogens with two attached hydrogens (primary N) is 1. The van der Waals surface area contributed by atoms with Crippen LogP contribution >= 0.6 is 15.9 Å². The number of anilines is 2. The summed E-state index contributed by atoms with van der Waals surface area (Å²) in [5, 5.41) is 0. The summed E-state index contributed by atoms with van der Waals surface area (Å²) in [6, 6.07) is 12.6. The zero-order chi connectivity index (χ0) is 14.5. The third-order valence-corrected chi connectivity index (χ3v) is 3.84. The molecule has 0 spiro atoms. The van der Waals surface area contributed by atoms with E-state index >= 15 is 0 Å². The highest BCUT2D eigenvalue weighted by atomic mass is 79.9. The van der Waals surface area contributed by atoms with Gasteiger partial charge >= 0.3 is 0 Å². The zero-order valence-corrected chi connectivity index (χ0v) is 13.0. The molecule has 20 heavy (non-hydrogen) atoms. The van der Waals surface area contributed by atoms with Crippen molar-refractivity contribution in [1.82, 2.24) is 0 Å². The van der Waals surface area contributed by atoms with Crippen LogP contribution in [0.5, 0.6) is 0 Å². The number of hydrogen-bond donors (Lipinski definition) is 1. The number of benzene rings is 2. The molecule has 2 N–H and O–H groups in total. The Morgan fingerprint density at radius 3 is 2.65 bits per heavy atom. The second-order valence-corrected chi connectivity index (χ2v) is 5.61. The molecule has 0 radical (unpaired) electrons. The molecule has 0 aliphatic rings. The van der Waals surface area contributed by atoms with Gasteiger partial charge in [0.25, 0.3) is 0 Å². The van der Waals surface area contributed by atoms with Crippen molar-refractivity contribution in [2.45, 2.75) is 19.9 Å². The normalized spacial score (nSPS) is 10.6. The van der Waals surface area contributed by atoms with Gasteiger partial charge in [0.05, 0.1) is 0 Å². The number of nitrogens with zero attached hydrogens (tertiary/aromatic N) is 1. The minimum atomic E-state index is -0.230. The monoisotopic (exact) mass is 336 g/mol. The second-order valence-electron chi connectivity index (χ2n) is 4.75. The van der Waals surface area contributed by atoms with Gasteiger partial charge in [-0.1, -0.05) is 35.0 Å². The van der Waals surface area contributed by atoms with Crippen LogP contribution < -0.4 is 10.6 Å². The zero-order valence-electron chi connectivity index (χ0n) is 11.4. The minimum Gasteiger partial charge on any atom is -0.399 e. The molecule has 0 heterocycles. The van der Waals surface area contributed by atoms with Gasteiger partial charge in [0.15, 0.2) is 0 Å². The number of rotatable bonds is 5. The average Bonchev–Trinajstić information content (AvgIpc) is 2.41. The van der Waals surface area contributed by atoms with Gasteiger partial charge in [-0.25, -0.2) is 4.39 Å². The highest BCUT2D eigenvalue weighted by Crippen LogP contribution is 2.24. The van der Waals surface area contributed by atoms with Crippen LogP contribution in [0.3, 0.4) is 0 Å². The molecule has 4 heteroatoms. The molecule has 0 amide bonds. The number of halogens is 2. The summed E-state index contributed by atoms with van der Waals surface area (Å²) in [5.74, 6) is -0.230. The predicted molar refractivity (Wildman–Crippen MR) is 86.3 cm³/mol. The van der Waals surface area contributed by atoms with Gasteiger partial charge in [-0.3, -0.25) is 0 Å². The SMILES string of the molecule is CCCN(Cc1ccc(F)cc1Br)c1cccc(N)c1. The van der Waals surface area contributed by atoms with Crippen molar-refractivity contribution < 1.29 is 4.39 Å². The van der Waals surface area contributed by atoms with E-state index in [-0.39, 0.29) is 5.82 Å². The van der Waals surface area contributed by atoms with Crippen LogP contribution in [0.25, 0.3) is 0 Å². The third-order valence-electron chi connectivity index (χ3n) is 3.11.